The van der Waals surface area contributed by atoms with E-state index in [9.17, 15) is 0 Å². The van der Waals surface area contributed by atoms with Gasteiger partial charge in [0.15, 0.2) is 0 Å². The maximum Gasteiger partial charge on any atom is 0.137 e. The third-order valence-corrected chi connectivity index (χ3v) is 12.5. The van der Waals surface area contributed by atoms with Crippen LogP contribution in [-0.2, 0) is 0 Å². The van der Waals surface area contributed by atoms with Crippen molar-refractivity contribution < 1.29 is 0 Å². The van der Waals surface area contributed by atoms with E-state index in [1.807, 2.05) is 0 Å². The summed E-state index contributed by atoms with van der Waals surface area (Å²) in [6.45, 7) is 2.25. The van der Waals surface area contributed by atoms with Crippen LogP contribution in [0.1, 0.15) is 18.1 Å². The predicted octanol–water partition coefficient (Wildman–Crippen LogP) is 15.7. The normalized spacial score (nSPS) is 12.7. The van der Waals surface area contributed by atoms with Gasteiger partial charge in [-0.3, -0.25) is 4.90 Å². The van der Waals surface area contributed by atoms with Gasteiger partial charge in [0.2, 0.25) is 0 Å². The lowest BCUT2D eigenvalue weighted by atomic mass is 9.98. The summed E-state index contributed by atoms with van der Waals surface area (Å²) in [4.78, 5) is 12.6. The van der Waals surface area contributed by atoms with Crippen molar-refractivity contribution in [1.29, 1.82) is 0 Å². The molecule has 5 heteroatoms. The Kier molecular flexibility index (Phi) is 8.64. The van der Waals surface area contributed by atoms with Crippen LogP contribution < -0.4 is 14.7 Å². The highest BCUT2D eigenvalue weighted by Crippen LogP contribution is 2.55. The van der Waals surface area contributed by atoms with Crippen molar-refractivity contribution in [3.05, 3.63) is 242 Å². The first kappa shape index (κ1) is 36.4. The van der Waals surface area contributed by atoms with Crippen molar-refractivity contribution in [2.75, 3.05) is 14.7 Å². The lowest BCUT2D eigenvalue weighted by Gasteiger charge is -2.30. The van der Waals surface area contributed by atoms with Crippen LogP contribution in [0.25, 0.3) is 50.2 Å². The molecule has 2 aromatic heterocycles. The molecule has 5 nitrogen and oxygen atoms in total. The third-order valence-electron chi connectivity index (χ3n) is 12.5. The first-order valence-corrected chi connectivity index (χ1v) is 21.5. The van der Waals surface area contributed by atoms with Gasteiger partial charge in [-0.15, -0.1) is 0 Å². The maximum absolute atomic E-state index is 5.45. The molecule has 2 aliphatic rings. The van der Waals surface area contributed by atoms with E-state index < -0.39 is 0 Å². The zero-order chi connectivity index (χ0) is 41.9. The van der Waals surface area contributed by atoms with Crippen molar-refractivity contribution in [1.82, 2.24) is 9.55 Å². The molecule has 0 bridgehead atoms. The number of aromatic nitrogens is 2. The number of fused-ring (bicyclic) bond motifs is 9. The minimum atomic E-state index is 0.822. The van der Waals surface area contributed by atoms with Crippen molar-refractivity contribution in [2.45, 2.75) is 6.92 Å². The Hall–Kier alpha value is -8.41. The van der Waals surface area contributed by atoms with Crippen LogP contribution in [0.2, 0.25) is 0 Å². The molecule has 0 radical (unpaired) electrons. The van der Waals surface area contributed by atoms with Crippen LogP contribution in [-0.4, -0.2) is 9.55 Å². The molecule has 0 spiro atoms. The Balaban J connectivity index is 1.08. The van der Waals surface area contributed by atoms with Crippen LogP contribution in [0, 0.1) is 0 Å². The Labute approximate surface area is 367 Å². The molecule has 0 fully saturated rings. The van der Waals surface area contributed by atoms with Gasteiger partial charge in [-0.1, -0.05) is 146 Å². The van der Waals surface area contributed by atoms with Crippen molar-refractivity contribution in [3.63, 3.8) is 0 Å². The fourth-order valence-corrected chi connectivity index (χ4v) is 9.82. The molecule has 12 rings (SSSR count). The Morgan fingerprint density at radius 2 is 0.873 bits per heavy atom. The average molecular weight is 808 g/mol. The fourth-order valence-electron chi connectivity index (χ4n) is 9.82. The van der Waals surface area contributed by atoms with E-state index in [2.05, 4.69) is 257 Å². The molecule has 0 saturated heterocycles. The standard InChI is InChI=1S/C58H41N5/c1-40-45-27-11-16-32-50(45)60(41-21-5-2-6-22-41)53-35-19-14-30-48(53)57(40)63(43-25-9-4-10-26-43)55-38-37-44(39-59-55)62-52-34-18-13-29-47(52)56-46-28-12-17-33-51(46)61(42-23-7-3-8-24-42)54-36-20-15-31-49(54)58(56)62/h2-39H,1H3. The topological polar surface area (TPSA) is 27.5 Å². The highest BCUT2D eigenvalue weighted by Gasteiger charge is 2.33. The summed E-state index contributed by atoms with van der Waals surface area (Å²) in [5, 5.41) is 1.19. The maximum atomic E-state index is 5.45. The number of benzene rings is 8. The fraction of sp³-hybridized carbons (Fsp3) is 0.0172. The van der Waals surface area contributed by atoms with Gasteiger partial charge in [0, 0.05) is 50.3 Å². The largest absolute Gasteiger partial charge is 0.309 e. The number of rotatable bonds is 6. The Bertz CT molecular complexity index is 3350. The summed E-state index contributed by atoms with van der Waals surface area (Å²) < 4.78 is 2.41. The van der Waals surface area contributed by atoms with Crippen LogP contribution >= 0.6 is 0 Å². The molecule has 63 heavy (non-hydrogen) atoms. The van der Waals surface area contributed by atoms with Gasteiger partial charge in [-0.2, -0.15) is 0 Å². The van der Waals surface area contributed by atoms with Crippen LogP contribution in [0.3, 0.4) is 0 Å². The highest BCUT2D eigenvalue weighted by atomic mass is 15.2. The van der Waals surface area contributed by atoms with Gasteiger partial charge < -0.3 is 14.4 Å². The molecular weight excluding hydrogens is 767 g/mol. The SMILES string of the molecule is CC1=C(N(c2ccccc2)c2ccc(-n3c4c(c5ccccc53)-c3ccccc3N(c3ccccc3)c3ccccc3-4)cn2)c2ccccc2N(c2ccccc2)c2ccccc21. The van der Waals surface area contributed by atoms with Crippen LogP contribution in [0.15, 0.2) is 231 Å². The number of hydrogen-bond donors (Lipinski definition) is 0. The quantitative estimate of drug-likeness (QED) is 0.167. The minimum absolute atomic E-state index is 0.822. The number of allylic oxidation sites excluding steroid dienone is 1. The zero-order valence-electron chi connectivity index (χ0n) is 34.7. The lowest BCUT2D eigenvalue weighted by Crippen LogP contribution is -2.19. The molecule has 2 aliphatic heterocycles. The van der Waals surface area contributed by atoms with Crippen LogP contribution in [0.5, 0.6) is 0 Å². The zero-order valence-corrected chi connectivity index (χ0v) is 34.7. The van der Waals surface area contributed by atoms with E-state index in [1.165, 1.54) is 16.5 Å². The van der Waals surface area contributed by atoms with Gasteiger partial charge in [0.05, 0.1) is 51.5 Å². The summed E-state index contributed by atoms with van der Waals surface area (Å²) in [6, 6.07) is 80.3. The van der Waals surface area contributed by atoms with E-state index in [0.717, 1.165) is 90.5 Å². The molecule has 0 unspecified atom stereocenters. The van der Waals surface area contributed by atoms with E-state index in [0.29, 0.717) is 0 Å². The van der Waals surface area contributed by atoms with E-state index in [1.54, 1.807) is 0 Å². The summed E-state index contributed by atoms with van der Waals surface area (Å²) in [5.74, 6) is 0.822. The molecule has 0 amide bonds. The third kappa shape index (κ3) is 5.82. The van der Waals surface area contributed by atoms with Crippen molar-refractivity contribution >= 4 is 67.8 Å². The summed E-state index contributed by atoms with van der Waals surface area (Å²) in [5.41, 5.74) is 19.1. The second-order valence-electron chi connectivity index (χ2n) is 16.0. The highest BCUT2D eigenvalue weighted by molar-refractivity contribution is 6.13. The predicted molar refractivity (Wildman–Crippen MR) is 262 cm³/mol. The molecule has 10 aromatic rings. The average Bonchev–Trinajstić information content (AvgIpc) is 3.58. The number of pyridine rings is 1. The molecule has 4 heterocycles. The van der Waals surface area contributed by atoms with Gasteiger partial charge in [-0.25, -0.2) is 4.98 Å². The Morgan fingerprint density at radius 3 is 1.49 bits per heavy atom. The van der Waals surface area contributed by atoms with Crippen LogP contribution in [0.4, 0.5) is 45.6 Å². The molecule has 8 aromatic carbocycles. The summed E-state index contributed by atoms with van der Waals surface area (Å²) in [6.07, 6.45) is 2.05. The smallest absolute Gasteiger partial charge is 0.137 e. The van der Waals surface area contributed by atoms with Crippen molar-refractivity contribution in [2.24, 2.45) is 0 Å². The lowest BCUT2D eigenvalue weighted by molar-refractivity contribution is 1.09. The second-order valence-corrected chi connectivity index (χ2v) is 16.0. The number of para-hydroxylation sites is 8. The number of nitrogens with zero attached hydrogens (tertiary/aromatic N) is 5. The van der Waals surface area contributed by atoms with Gasteiger partial charge in [-0.05, 0) is 91.4 Å². The molecule has 0 saturated carbocycles. The van der Waals surface area contributed by atoms with Gasteiger partial charge >= 0.3 is 0 Å². The molecular formula is C58H41N5. The van der Waals surface area contributed by atoms with Gasteiger partial charge in [0.1, 0.15) is 5.82 Å². The van der Waals surface area contributed by atoms with Gasteiger partial charge in [0.25, 0.3) is 0 Å². The number of hydrogen-bond acceptors (Lipinski definition) is 4. The summed E-state index contributed by atoms with van der Waals surface area (Å²) in [7, 11) is 0. The second kappa shape index (κ2) is 14.9. The molecule has 0 aliphatic carbocycles. The minimum Gasteiger partial charge on any atom is -0.309 e. The number of anilines is 8. The monoisotopic (exact) mass is 807 g/mol. The molecule has 0 N–H and O–H groups in total. The first-order chi connectivity index (χ1) is 31.2. The molecule has 298 valence electrons. The Morgan fingerprint density at radius 1 is 0.397 bits per heavy atom. The van der Waals surface area contributed by atoms with E-state index >= 15 is 0 Å². The van der Waals surface area contributed by atoms with E-state index in [4.69, 9.17) is 4.98 Å². The molecule has 0 atom stereocenters. The summed E-state index contributed by atoms with van der Waals surface area (Å²) >= 11 is 0. The first-order valence-electron chi connectivity index (χ1n) is 21.5. The van der Waals surface area contributed by atoms with Crippen molar-refractivity contribution in [3.8, 4) is 28.1 Å². The van der Waals surface area contributed by atoms with E-state index in [-0.39, 0.29) is 0 Å².